The van der Waals surface area contributed by atoms with Gasteiger partial charge in [-0.15, -0.1) is 11.3 Å². The van der Waals surface area contributed by atoms with Crippen molar-refractivity contribution >= 4 is 50.5 Å². The molecule has 31 heavy (non-hydrogen) atoms. The van der Waals surface area contributed by atoms with Crippen molar-refractivity contribution in [2.45, 2.75) is 32.7 Å². The number of fused-ring (bicyclic) bond motifs is 2. The summed E-state index contributed by atoms with van der Waals surface area (Å²) in [6.07, 6.45) is 0.609. The summed E-state index contributed by atoms with van der Waals surface area (Å²) in [5.41, 5.74) is 3.47. The number of halogens is 2. The minimum absolute atomic E-state index is 0.151. The van der Waals surface area contributed by atoms with Crippen LogP contribution in [0.1, 0.15) is 45.6 Å². The first kappa shape index (κ1) is 21.0. The van der Waals surface area contributed by atoms with Crippen LogP contribution in [0.5, 0.6) is 0 Å². The lowest BCUT2D eigenvalue weighted by molar-refractivity contribution is -0.0423. The number of nitrogens with zero attached hydrogens (tertiary/aromatic N) is 1. The Kier molecular flexibility index (Phi) is 5.37. The van der Waals surface area contributed by atoms with Crippen LogP contribution >= 0.6 is 34.5 Å². The number of carbonyl (C=O) groups is 1. The third kappa shape index (κ3) is 3.41. The topological polar surface area (TPSA) is 62.4 Å². The molecule has 0 radical (unpaired) electrons. The molecule has 1 fully saturated rings. The minimum atomic E-state index is -0.171. The molecule has 2 aliphatic heterocycles. The number of aryl methyl sites for hydroxylation is 1. The molecular weight excluding hydrogens is 455 g/mol. The smallest absolute Gasteiger partial charge is 0.256 e. The number of aromatic amines is 1. The molecule has 4 heterocycles. The summed E-state index contributed by atoms with van der Waals surface area (Å²) >= 11 is 15.0. The number of hydrogen-bond acceptors (Lipinski definition) is 4. The summed E-state index contributed by atoms with van der Waals surface area (Å²) in [7, 11) is 0. The molecule has 2 aromatic heterocycles. The highest BCUT2D eigenvalue weighted by atomic mass is 35.5. The number of H-pyrrole nitrogens is 1. The highest BCUT2D eigenvalue weighted by Gasteiger charge is 2.34. The number of rotatable bonds is 4. The van der Waals surface area contributed by atoms with Gasteiger partial charge in [0.2, 0.25) is 0 Å². The SMILES string of the molecule is Cc1[nH]c(=O)c(CN2CCc3c(Cl)cc(C(C)C4COC4)c(Cl)c3C2=O)c2ccsc12. The first-order valence-electron chi connectivity index (χ1n) is 10.3. The van der Waals surface area contributed by atoms with Gasteiger partial charge in [0.25, 0.3) is 11.5 Å². The first-order chi connectivity index (χ1) is 14.9. The Morgan fingerprint density at radius 2 is 2.10 bits per heavy atom. The predicted molar refractivity (Wildman–Crippen MR) is 125 cm³/mol. The third-order valence-corrected chi connectivity index (χ3v) is 8.37. The number of thiophene rings is 1. The maximum atomic E-state index is 13.5. The van der Waals surface area contributed by atoms with Gasteiger partial charge in [0.15, 0.2) is 0 Å². The average Bonchev–Trinajstić information content (AvgIpc) is 3.17. The van der Waals surface area contributed by atoms with Crippen LogP contribution in [-0.2, 0) is 17.7 Å². The van der Waals surface area contributed by atoms with Crippen molar-refractivity contribution in [2.75, 3.05) is 19.8 Å². The van der Waals surface area contributed by atoms with Gasteiger partial charge in [-0.3, -0.25) is 9.59 Å². The van der Waals surface area contributed by atoms with Crippen molar-refractivity contribution in [3.8, 4) is 0 Å². The number of nitrogens with one attached hydrogen (secondary N) is 1. The van der Waals surface area contributed by atoms with Crippen LogP contribution in [0.25, 0.3) is 10.1 Å². The van der Waals surface area contributed by atoms with E-state index in [1.165, 1.54) is 0 Å². The zero-order valence-electron chi connectivity index (χ0n) is 17.3. The molecule has 162 valence electrons. The molecule has 1 N–H and O–H groups in total. The van der Waals surface area contributed by atoms with E-state index in [1.807, 2.05) is 24.4 Å². The molecule has 1 atom stereocenters. The van der Waals surface area contributed by atoms with Gasteiger partial charge in [0, 0.05) is 34.1 Å². The van der Waals surface area contributed by atoms with Gasteiger partial charge in [-0.1, -0.05) is 30.1 Å². The average molecular weight is 477 g/mol. The molecule has 8 heteroatoms. The second kappa shape index (κ2) is 7.93. The maximum absolute atomic E-state index is 13.5. The zero-order valence-corrected chi connectivity index (χ0v) is 19.6. The molecule has 5 nitrogen and oxygen atoms in total. The Labute approximate surface area is 193 Å². The van der Waals surface area contributed by atoms with Crippen molar-refractivity contribution in [1.29, 1.82) is 0 Å². The summed E-state index contributed by atoms with van der Waals surface area (Å²) < 4.78 is 6.37. The molecule has 0 saturated carbocycles. The molecular formula is C23H22Cl2N2O3S. The fourth-order valence-corrected chi connectivity index (χ4v) is 6.16. The molecule has 0 aliphatic carbocycles. The molecule has 0 spiro atoms. The Morgan fingerprint density at radius 1 is 1.32 bits per heavy atom. The normalized spacial score (nSPS) is 17.7. The predicted octanol–water partition coefficient (Wildman–Crippen LogP) is 5.15. The Morgan fingerprint density at radius 3 is 2.81 bits per heavy atom. The molecule has 3 aromatic rings. The van der Waals surface area contributed by atoms with Crippen LogP contribution in [-0.4, -0.2) is 35.5 Å². The fourth-order valence-electron chi connectivity index (χ4n) is 4.55. The van der Waals surface area contributed by atoms with E-state index in [2.05, 4.69) is 11.9 Å². The van der Waals surface area contributed by atoms with E-state index in [4.69, 9.17) is 27.9 Å². The van der Waals surface area contributed by atoms with Gasteiger partial charge in [-0.2, -0.15) is 0 Å². The Balaban J connectivity index is 1.53. The summed E-state index contributed by atoms with van der Waals surface area (Å²) in [6.45, 7) is 6.11. The highest BCUT2D eigenvalue weighted by Crippen LogP contribution is 2.41. The fraction of sp³-hybridized carbons (Fsp3) is 0.391. The molecule has 5 rings (SSSR count). The highest BCUT2D eigenvalue weighted by molar-refractivity contribution is 7.17. The number of aromatic nitrogens is 1. The van der Waals surface area contributed by atoms with Gasteiger partial charge in [0.05, 0.1) is 35.0 Å². The summed E-state index contributed by atoms with van der Waals surface area (Å²) in [5.74, 6) is 0.354. The summed E-state index contributed by atoms with van der Waals surface area (Å²) in [4.78, 5) is 30.9. The Hall–Kier alpha value is -1.86. The quantitative estimate of drug-likeness (QED) is 0.565. The van der Waals surface area contributed by atoms with Crippen LogP contribution < -0.4 is 5.56 Å². The van der Waals surface area contributed by atoms with Gasteiger partial charge in [-0.25, -0.2) is 0 Å². The molecule has 2 aliphatic rings. The van der Waals surface area contributed by atoms with Crippen molar-refractivity contribution in [1.82, 2.24) is 9.88 Å². The Bertz CT molecular complexity index is 1260. The minimum Gasteiger partial charge on any atom is -0.381 e. The second-order valence-electron chi connectivity index (χ2n) is 8.40. The van der Waals surface area contributed by atoms with Crippen molar-refractivity contribution < 1.29 is 9.53 Å². The molecule has 1 amide bonds. The number of carbonyl (C=O) groups excluding carboxylic acids is 1. The van der Waals surface area contributed by atoms with Gasteiger partial charge in [-0.05, 0) is 47.9 Å². The molecule has 1 saturated heterocycles. The van der Waals surface area contributed by atoms with E-state index in [9.17, 15) is 9.59 Å². The third-order valence-electron chi connectivity index (χ3n) is 6.59. The maximum Gasteiger partial charge on any atom is 0.256 e. The lowest BCUT2D eigenvalue weighted by Gasteiger charge is -2.34. The zero-order chi connectivity index (χ0) is 21.9. The summed E-state index contributed by atoms with van der Waals surface area (Å²) in [6, 6.07) is 3.86. The van der Waals surface area contributed by atoms with Crippen LogP contribution in [0.15, 0.2) is 22.3 Å². The monoisotopic (exact) mass is 476 g/mol. The van der Waals surface area contributed by atoms with Gasteiger partial charge < -0.3 is 14.6 Å². The second-order valence-corrected chi connectivity index (χ2v) is 10.1. The van der Waals surface area contributed by atoms with Gasteiger partial charge >= 0.3 is 0 Å². The van der Waals surface area contributed by atoms with Crippen molar-refractivity contribution in [2.24, 2.45) is 5.92 Å². The van der Waals surface area contributed by atoms with Gasteiger partial charge in [0.1, 0.15) is 0 Å². The van der Waals surface area contributed by atoms with E-state index < -0.39 is 0 Å². The number of pyridine rings is 1. The largest absolute Gasteiger partial charge is 0.381 e. The standard InChI is InChI=1S/C23H22Cl2N2O3S/c1-11(13-9-30-10-13)16-7-18(24)15-3-5-27(23(29)19(15)20(16)25)8-17-14-4-6-31-21(14)12(2)26-22(17)28/h4,6-7,11,13H,3,5,8-10H2,1-2H3,(H,26,28). The first-order valence-corrected chi connectivity index (χ1v) is 12.0. The van der Waals surface area contributed by atoms with Crippen LogP contribution in [0.2, 0.25) is 10.0 Å². The van der Waals surface area contributed by atoms with E-state index >= 15 is 0 Å². The van der Waals surface area contributed by atoms with Crippen LogP contribution in [0.4, 0.5) is 0 Å². The van der Waals surface area contributed by atoms with Crippen molar-refractivity contribution in [3.05, 3.63) is 65.9 Å². The lowest BCUT2D eigenvalue weighted by atomic mass is 9.84. The van der Waals surface area contributed by atoms with Crippen LogP contribution in [0, 0.1) is 12.8 Å². The molecule has 1 aromatic carbocycles. The number of ether oxygens (including phenoxy) is 1. The summed E-state index contributed by atoms with van der Waals surface area (Å²) in [5, 5.41) is 3.94. The number of amides is 1. The number of benzene rings is 1. The van der Waals surface area contributed by atoms with E-state index in [-0.39, 0.29) is 23.9 Å². The lowest BCUT2D eigenvalue weighted by Crippen LogP contribution is -2.39. The molecule has 1 unspecified atom stereocenters. The molecule has 0 bridgehead atoms. The van der Waals surface area contributed by atoms with Crippen LogP contribution in [0.3, 0.4) is 0 Å². The van der Waals surface area contributed by atoms with E-state index in [0.29, 0.717) is 53.3 Å². The number of hydrogen-bond donors (Lipinski definition) is 1. The van der Waals surface area contributed by atoms with E-state index in [1.54, 1.807) is 16.2 Å². The van der Waals surface area contributed by atoms with Crippen molar-refractivity contribution in [3.63, 3.8) is 0 Å². The van der Waals surface area contributed by atoms with E-state index in [0.717, 1.165) is 26.9 Å².